The number of nitrogens with zero attached hydrogens (tertiary/aromatic N) is 4. The zero-order chi connectivity index (χ0) is 25.8. The van der Waals surface area contributed by atoms with Gasteiger partial charge in [-0.1, -0.05) is 6.07 Å². The number of aliphatic carboxylic acids is 1. The molecule has 35 heavy (non-hydrogen) atoms. The molecule has 2 amide bonds. The smallest absolute Gasteiger partial charge is 0.480 e. The Morgan fingerprint density at radius 1 is 1.20 bits per heavy atom. The summed E-state index contributed by atoms with van der Waals surface area (Å²) in [6.07, 6.45) is 0.121. The summed E-state index contributed by atoms with van der Waals surface area (Å²) in [5.41, 5.74) is 1.46. The van der Waals surface area contributed by atoms with Crippen molar-refractivity contribution in [3.8, 4) is 5.88 Å². The molecule has 10 nitrogen and oxygen atoms in total. The highest BCUT2D eigenvalue weighted by Gasteiger charge is 2.38. The summed E-state index contributed by atoms with van der Waals surface area (Å²) in [6.45, 7) is 2.27. The van der Waals surface area contributed by atoms with E-state index in [-0.39, 0.29) is 17.9 Å². The number of hydrogen-bond donors (Lipinski definition) is 2. The van der Waals surface area contributed by atoms with E-state index in [0.29, 0.717) is 35.1 Å². The first-order valence-electron chi connectivity index (χ1n) is 10.4. The van der Waals surface area contributed by atoms with Crippen molar-refractivity contribution in [2.24, 2.45) is 0 Å². The predicted molar refractivity (Wildman–Crippen MR) is 117 cm³/mol. The van der Waals surface area contributed by atoms with E-state index < -0.39 is 12.1 Å². The van der Waals surface area contributed by atoms with Crippen molar-refractivity contribution in [3.05, 3.63) is 54.2 Å². The zero-order valence-corrected chi connectivity index (χ0v) is 18.7. The Balaban J connectivity index is 0.000000429. The van der Waals surface area contributed by atoms with Crippen molar-refractivity contribution in [1.82, 2.24) is 19.3 Å². The first-order valence-corrected chi connectivity index (χ1v) is 10.4. The third-order valence-electron chi connectivity index (χ3n) is 5.20. The number of pyridine rings is 2. The lowest BCUT2D eigenvalue weighted by atomic mass is 10.2. The van der Waals surface area contributed by atoms with Gasteiger partial charge < -0.3 is 24.5 Å². The fourth-order valence-corrected chi connectivity index (χ4v) is 3.71. The molecule has 0 radical (unpaired) electrons. The van der Waals surface area contributed by atoms with Gasteiger partial charge in [-0.2, -0.15) is 13.2 Å². The number of anilines is 1. The number of likely N-dealkylation sites (tertiary alicyclic amines) is 1. The average molecular weight is 493 g/mol. The molecule has 1 aliphatic heterocycles. The maximum atomic E-state index is 13.0. The van der Waals surface area contributed by atoms with Crippen LogP contribution >= 0.6 is 0 Å². The molecule has 0 bridgehead atoms. The molecule has 13 heteroatoms. The van der Waals surface area contributed by atoms with E-state index in [1.54, 1.807) is 25.3 Å². The van der Waals surface area contributed by atoms with Gasteiger partial charge in [-0.3, -0.25) is 9.59 Å². The van der Waals surface area contributed by atoms with E-state index in [2.05, 4.69) is 15.3 Å². The molecule has 0 aromatic carbocycles. The molecule has 4 rings (SSSR count). The average Bonchev–Trinajstić information content (AvgIpc) is 3.44. The van der Waals surface area contributed by atoms with Gasteiger partial charge >= 0.3 is 12.1 Å². The number of carboxylic acid groups (broad SMARTS) is 1. The van der Waals surface area contributed by atoms with Gasteiger partial charge in [0.15, 0.2) is 5.69 Å². The second-order valence-electron chi connectivity index (χ2n) is 7.46. The lowest BCUT2D eigenvalue weighted by Crippen LogP contribution is -2.29. The largest absolute Gasteiger partial charge is 0.490 e. The van der Waals surface area contributed by atoms with Gasteiger partial charge in [-0.15, -0.1) is 0 Å². The molecule has 0 aliphatic carbocycles. The van der Waals surface area contributed by atoms with E-state index in [1.165, 1.54) is 7.11 Å². The second-order valence-corrected chi connectivity index (χ2v) is 7.46. The number of carboxylic acids is 1. The fourth-order valence-electron chi connectivity index (χ4n) is 3.71. The van der Waals surface area contributed by atoms with Crippen LogP contribution in [0.25, 0.3) is 5.52 Å². The van der Waals surface area contributed by atoms with Crippen molar-refractivity contribution < 1.29 is 37.4 Å². The van der Waals surface area contributed by atoms with Crippen LogP contribution in [0.4, 0.5) is 18.9 Å². The number of nitrogens with one attached hydrogen (secondary N) is 1. The summed E-state index contributed by atoms with van der Waals surface area (Å²) >= 11 is 0. The van der Waals surface area contributed by atoms with E-state index >= 15 is 0 Å². The topological polar surface area (TPSA) is 126 Å². The van der Waals surface area contributed by atoms with Gasteiger partial charge in [0.05, 0.1) is 18.7 Å². The second kappa shape index (κ2) is 10.4. The summed E-state index contributed by atoms with van der Waals surface area (Å²) in [7, 11) is 1.50. The Hall–Kier alpha value is -4.16. The summed E-state index contributed by atoms with van der Waals surface area (Å²) in [4.78, 5) is 44.5. The Bertz CT molecular complexity index is 1240. The molecular formula is C22H22F3N5O5. The van der Waals surface area contributed by atoms with Crippen LogP contribution < -0.4 is 10.1 Å². The minimum Gasteiger partial charge on any atom is -0.480 e. The Morgan fingerprint density at radius 3 is 2.54 bits per heavy atom. The van der Waals surface area contributed by atoms with Crippen LogP contribution in [0.1, 0.15) is 42.1 Å². The lowest BCUT2D eigenvalue weighted by molar-refractivity contribution is -0.192. The van der Waals surface area contributed by atoms with Crippen molar-refractivity contribution in [2.45, 2.75) is 32.0 Å². The van der Waals surface area contributed by atoms with Gasteiger partial charge in [0.2, 0.25) is 11.8 Å². The van der Waals surface area contributed by atoms with Gasteiger partial charge in [0, 0.05) is 25.9 Å². The van der Waals surface area contributed by atoms with Crippen LogP contribution in [0.3, 0.4) is 0 Å². The van der Waals surface area contributed by atoms with E-state index in [4.69, 9.17) is 14.6 Å². The standard InChI is InChI=1S/C20H21N5O3.C2HF3O2/c1-13(26)24-12-6-9-16(24)18-23-17(15-8-3-4-11-25(15)18)19(27)22-14-7-5-10-21-20(14)28-2;3-2(4,5)1(6)7/h3-5,7-8,10-11,16H,6,9,12H2,1-2H3,(H,22,27);(H,6,7). The van der Waals surface area contributed by atoms with Crippen LogP contribution in [0.5, 0.6) is 5.88 Å². The van der Waals surface area contributed by atoms with Crippen molar-refractivity contribution in [3.63, 3.8) is 0 Å². The maximum absolute atomic E-state index is 13.0. The molecule has 3 aromatic heterocycles. The molecular weight excluding hydrogens is 471 g/mol. The van der Waals surface area contributed by atoms with Crippen LogP contribution in [0.15, 0.2) is 42.7 Å². The molecule has 1 unspecified atom stereocenters. The number of carbonyl (C=O) groups is 3. The van der Waals surface area contributed by atoms with E-state index in [0.717, 1.165) is 12.8 Å². The SMILES string of the molecule is COc1ncccc1NC(=O)c1nc(C2CCCN2C(C)=O)n2ccccc12.O=C(O)C(F)(F)F. The van der Waals surface area contributed by atoms with Crippen LogP contribution in [-0.4, -0.2) is 62.0 Å². The number of imidazole rings is 1. The number of aromatic nitrogens is 3. The summed E-state index contributed by atoms with van der Waals surface area (Å²) in [5, 5.41) is 9.95. The highest BCUT2D eigenvalue weighted by Crippen LogP contribution is 2.33. The van der Waals surface area contributed by atoms with Gasteiger partial charge in [0.1, 0.15) is 11.5 Å². The Morgan fingerprint density at radius 2 is 1.91 bits per heavy atom. The summed E-state index contributed by atoms with van der Waals surface area (Å²) in [5.74, 6) is -2.06. The van der Waals surface area contributed by atoms with Crippen LogP contribution in [0.2, 0.25) is 0 Å². The minimum atomic E-state index is -5.08. The number of rotatable bonds is 4. The molecule has 1 saturated heterocycles. The number of alkyl halides is 3. The third kappa shape index (κ3) is 5.67. The predicted octanol–water partition coefficient (Wildman–Crippen LogP) is 3.31. The minimum absolute atomic E-state index is 0.0151. The monoisotopic (exact) mass is 493 g/mol. The molecule has 1 aliphatic rings. The van der Waals surface area contributed by atoms with Crippen molar-refractivity contribution in [1.29, 1.82) is 0 Å². The number of amides is 2. The number of halogens is 3. The quantitative estimate of drug-likeness (QED) is 0.571. The number of ether oxygens (including phenoxy) is 1. The molecule has 1 atom stereocenters. The van der Waals surface area contributed by atoms with Gasteiger partial charge in [-0.05, 0) is 37.1 Å². The molecule has 2 N–H and O–H groups in total. The molecule has 0 spiro atoms. The Labute approximate surface area is 197 Å². The number of hydrogen-bond acceptors (Lipinski definition) is 6. The zero-order valence-electron chi connectivity index (χ0n) is 18.7. The van der Waals surface area contributed by atoms with Crippen LogP contribution in [0, 0.1) is 0 Å². The van der Waals surface area contributed by atoms with Gasteiger partial charge in [-0.25, -0.2) is 14.8 Å². The van der Waals surface area contributed by atoms with Crippen molar-refractivity contribution in [2.75, 3.05) is 19.0 Å². The first-order chi connectivity index (χ1) is 16.5. The van der Waals surface area contributed by atoms with E-state index in [1.807, 2.05) is 33.7 Å². The normalized spacial score (nSPS) is 15.3. The molecule has 0 saturated carbocycles. The van der Waals surface area contributed by atoms with E-state index in [9.17, 15) is 22.8 Å². The molecule has 186 valence electrons. The van der Waals surface area contributed by atoms with Crippen LogP contribution in [-0.2, 0) is 9.59 Å². The Kier molecular flexibility index (Phi) is 7.57. The first kappa shape index (κ1) is 25.5. The summed E-state index contributed by atoms with van der Waals surface area (Å²) in [6, 6.07) is 8.90. The highest BCUT2D eigenvalue weighted by atomic mass is 19.4. The maximum Gasteiger partial charge on any atom is 0.490 e. The lowest BCUT2D eigenvalue weighted by Gasteiger charge is -2.22. The fraction of sp³-hybridized carbons (Fsp3) is 0.318. The highest BCUT2D eigenvalue weighted by molar-refractivity contribution is 6.08. The number of methoxy groups -OCH3 is 1. The van der Waals surface area contributed by atoms with Crippen molar-refractivity contribution >= 4 is 29.0 Å². The third-order valence-corrected chi connectivity index (χ3v) is 5.20. The molecule has 3 aromatic rings. The molecule has 1 fully saturated rings. The number of carbonyl (C=O) groups excluding carboxylic acids is 2. The summed E-state index contributed by atoms with van der Waals surface area (Å²) < 4.78 is 38.8. The van der Waals surface area contributed by atoms with Gasteiger partial charge in [0.25, 0.3) is 5.91 Å². The molecule has 4 heterocycles. The number of fused-ring (bicyclic) bond motifs is 1.